The fourth-order valence-corrected chi connectivity index (χ4v) is 1.40. The molecule has 2 heteroatoms. The molecule has 0 bridgehead atoms. The van der Waals surface area contributed by atoms with Crippen molar-refractivity contribution >= 4 is 0 Å². The van der Waals surface area contributed by atoms with Crippen molar-refractivity contribution < 1.29 is 0 Å². The lowest BCUT2D eigenvalue weighted by atomic mass is 10.1. The smallest absolute Gasteiger partial charge is 0.0574 e. The molecule has 1 aromatic carbocycles. The molecule has 80 valence electrons. The van der Waals surface area contributed by atoms with Crippen molar-refractivity contribution in [3.63, 3.8) is 0 Å². The monoisotopic (exact) mass is 202 g/mol. The van der Waals surface area contributed by atoms with E-state index in [1.165, 1.54) is 5.56 Å². The molecule has 2 N–H and O–H groups in total. The number of hydrogen-bond acceptors (Lipinski definition) is 2. The first-order chi connectivity index (χ1) is 7.34. The van der Waals surface area contributed by atoms with Gasteiger partial charge >= 0.3 is 0 Å². The summed E-state index contributed by atoms with van der Waals surface area (Å²) in [4.78, 5) is 0. The van der Waals surface area contributed by atoms with Crippen molar-refractivity contribution in [3.8, 4) is 12.3 Å². The van der Waals surface area contributed by atoms with Gasteiger partial charge in [0.05, 0.1) is 6.54 Å². The van der Waals surface area contributed by atoms with Crippen LogP contribution >= 0.6 is 0 Å². The van der Waals surface area contributed by atoms with Crippen molar-refractivity contribution in [1.82, 2.24) is 10.6 Å². The fourth-order valence-electron chi connectivity index (χ4n) is 1.40. The molecule has 0 saturated heterocycles. The molecule has 1 aromatic rings. The summed E-state index contributed by atoms with van der Waals surface area (Å²) in [5.74, 6) is 2.55. The predicted molar refractivity (Wildman–Crippen MR) is 64.6 cm³/mol. The maximum Gasteiger partial charge on any atom is 0.0574 e. The molecule has 0 amide bonds. The molecule has 0 aliphatic rings. The molecule has 1 rings (SSSR count). The van der Waals surface area contributed by atoms with Crippen LogP contribution < -0.4 is 10.6 Å². The van der Waals surface area contributed by atoms with Gasteiger partial charge in [0.15, 0.2) is 0 Å². The Bertz CT molecular complexity index is 300. The molecule has 15 heavy (non-hydrogen) atoms. The summed E-state index contributed by atoms with van der Waals surface area (Å²) in [6.45, 7) is 4.64. The van der Waals surface area contributed by atoms with E-state index < -0.39 is 0 Å². The molecule has 0 saturated carbocycles. The van der Waals surface area contributed by atoms with Gasteiger partial charge in [-0.2, -0.15) is 0 Å². The second kappa shape index (κ2) is 7.05. The average Bonchev–Trinajstić information content (AvgIpc) is 2.30. The number of benzene rings is 1. The maximum absolute atomic E-state index is 5.13. The standard InChI is InChI=1S/C13H18N2/c1-3-9-14-10-11-15-12(2)13-7-5-4-6-8-13/h1,4-8,12,14-15H,9-11H2,2H3. The van der Waals surface area contributed by atoms with Crippen LogP contribution in [0.15, 0.2) is 30.3 Å². The molecular weight excluding hydrogens is 184 g/mol. The second-order valence-electron chi connectivity index (χ2n) is 3.47. The second-order valence-corrected chi connectivity index (χ2v) is 3.47. The van der Waals surface area contributed by atoms with Crippen molar-refractivity contribution in [2.24, 2.45) is 0 Å². The quantitative estimate of drug-likeness (QED) is 0.540. The normalized spacial score (nSPS) is 12.0. The van der Waals surface area contributed by atoms with Gasteiger partial charge in [0.1, 0.15) is 0 Å². The summed E-state index contributed by atoms with van der Waals surface area (Å²) in [6, 6.07) is 10.8. The topological polar surface area (TPSA) is 24.1 Å². The number of rotatable bonds is 6. The minimum Gasteiger partial charge on any atom is -0.309 e. The maximum atomic E-state index is 5.13. The lowest BCUT2D eigenvalue weighted by Gasteiger charge is -2.13. The molecule has 0 radical (unpaired) electrons. The zero-order valence-electron chi connectivity index (χ0n) is 9.16. The molecule has 0 aliphatic heterocycles. The van der Waals surface area contributed by atoms with Gasteiger partial charge in [-0.15, -0.1) is 6.42 Å². The first-order valence-electron chi connectivity index (χ1n) is 5.27. The van der Waals surface area contributed by atoms with E-state index in [9.17, 15) is 0 Å². The Labute approximate surface area is 92.1 Å². The van der Waals surface area contributed by atoms with Gasteiger partial charge < -0.3 is 10.6 Å². The van der Waals surface area contributed by atoms with Gasteiger partial charge in [0.25, 0.3) is 0 Å². The Morgan fingerprint density at radius 1 is 1.27 bits per heavy atom. The van der Waals surface area contributed by atoms with E-state index in [1.54, 1.807) is 0 Å². The molecular formula is C13H18N2. The Balaban J connectivity index is 2.20. The Morgan fingerprint density at radius 2 is 2.00 bits per heavy atom. The highest BCUT2D eigenvalue weighted by Crippen LogP contribution is 2.09. The molecule has 0 heterocycles. The van der Waals surface area contributed by atoms with Crippen LogP contribution in [0.3, 0.4) is 0 Å². The van der Waals surface area contributed by atoms with E-state index in [-0.39, 0.29) is 0 Å². The van der Waals surface area contributed by atoms with E-state index in [1.807, 2.05) is 6.07 Å². The minimum atomic E-state index is 0.388. The fraction of sp³-hybridized carbons (Fsp3) is 0.385. The summed E-state index contributed by atoms with van der Waals surface area (Å²) < 4.78 is 0. The van der Waals surface area contributed by atoms with E-state index in [0.717, 1.165) is 13.1 Å². The van der Waals surface area contributed by atoms with Crippen molar-refractivity contribution in [2.45, 2.75) is 13.0 Å². The molecule has 2 nitrogen and oxygen atoms in total. The molecule has 0 aromatic heterocycles. The molecule has 0 spiro atoms. The van der Waals surface area contributed by atoms with Gasteiger partial charge in [0.2, 0.25) is 0 Å². The molecule has 0 aliphatic carbocycles. The van der Waals surface area contributed by atoms with Gasteiger partial charge in [-0.25, -0.2) is 0 Å². The summed E-state index contributed by atoms with van der Waals surface area (Å²) in [5, 5.41) is 6.57. The van der Waals surface area contributed by atoms with E-state index in [0.29, 0.717) is 12.6 Å². The van der Waals surface area contributed by atoms with Crippen LogP contribution in [0.4, 0.5) is 0 Å². The van der Waals surface area contributed by atoms with E-state index in [4.69, 9.17) is 6.42 Å². The molecule has 1 atom stereocenters. The average molecular weight is 202 g/mol. The van der Waals surface area contributed by atoms with Crippen LogP contribution in [0.2, 0.25) is 0 Å². The summed E-state index contributed by atoms with van der Waals surface area (Å²) in [7, 11) is 0. The van der Waals surface area contributed by atoms with Crippen LogP contribution in [-0.4, -0.2) is 19.6 Å². The van der Waals surface area contributed by atoms with Crippen molar-refractivity contribution in [1.29, 1.82) is 0 Å². The summed E-state index contributed by atoms with van der Waals surface area (Å²) >= 11 is 0. The predicted octanol–water partition coefficient (Wildman–Crippen LogP) is 1.56. The van der Waals surface area contributed by atoms with Crippen LogP contribution in [0.1, 0.15) is 18.5 Å². The first kappa shape index (κ1) is 11.8. The van der Waals surface area contributed by atoms with Crippen LogP contribution in [-0.2, 0) is 0 Å². The number of terminal acetylenes is 1. The third-order valence-electron chi connectivity index (χ3n) is 2.28. The Kier molecular flexibility index (Phi) is 5.54. The lowest BCUT2D eigenvalue weighted by Crippen LogP contribution is -2.29. The van der Waals surface area contributed by atoms with Gasteiger partial charge in [-0.3, -0.25) is 0 Å². The highest BCUT2D eigenvalue weighted by Gasteiger charge is 2.01. The third kappa shape index (κ3) is 4.64. The summed E-state index contributed by atoms with van der Waals surface area (Å²) in [6.07, 6.45) is 5.13. The summed E-state index contributed by atoms with van der Waals surface area (Å²) in [5.41, 5.74) is 1.31. The Morgan fingerprint density at radius 3 is 2.67 bits per heavy atom. The first-order valence-corrected chi connectivity index (χ1v) is 5.27. The van der Waals surface area contributed by atoms with Gasteiger partial charge in [-0.05, 0) is 12.5 Å². The van der Waals surface area contributed by atoms with E-state index >= 15 is 0 Å². The third-order valence-corrected chi connectivity index (χ3v) is 2.28. The van der Waals surface area contributed by atoms with Crippen LogP contribution in [0.25, 0.3) is 0 Å². The SMILES string of the molecule is C#CCNCCNC(C)c1ccccc1. The van der Waals surface area contributed by atoms with Crippen molar-refractivity contribution in [3.05, 3.63) is 35.9 Å². The highest BCUT2D eigenvalue weighted by molar-refractivity contribution is 5.17. The lowest BCUT2D eigenvalue weighted by molar-refractivity contribution is 0.557. The largest absolute Gasteiger partial charge is 0.309 e. The zero-order valence-corrected chi connectivity index (χ0v) is 9.16. The van der Waals surface area contributed by atoms with Gasteiger partial charge in [-0.1, -0.05) is 36.3 Å². The number of nitrogens with one attached hydrogen (secondary N) is 2. The number of hydrogen-bond donors (Lipinski definition) is 2. The Hall–Kier alpha value is -1.30. The molecule has 0 fully saturated rings. The minimum absolute atomic E-state index is 0.388. The zero-order chi connectivity index (χ0) is 10.9. The van der Waals surface area contributed by atoms with E-state index in [2.05, 4.69) is 47.7 Å². The van der Waals surface area contributed by atoms with Crippen LogP contribution in [0.5, 0.6) is 0 Å². The highest BCUT2D eigenvalue weighted by atomic mass is 15.0. The molecule has 1 unspecified atom stereocenters. The van der Waals surface area contributed by atoms with Gasteiger partial charge in [0, 0.05) is 19.1 Å². The van der Waals surface area contributed by atoms with Crippen LogP contribution in [0, 0.1) is 12.3 Å². The van der Waals surface area contributed by atoms with Crippen molar-refractivity contribution in [2.75, 3.05) is 19.6 Å².